The number of anilines is 2. The number of fused-ring (bicyclic) bond motifs is 3. The third kappa shape index (κ3) is 3.42. The molecule has 5 rings (SSSR count). The maximum Gasteiger partial charge on any atom is 0.339 e. The van der Waals surface area contributed by atoms with E-state index in [0.717, 1.165) is 0 Å². The van der Waals surface area contributed by atoms with E-state index in [2.05, 4.69) is 21.2 Å². The van der Waals surface area contributed by atoms with Gasteiger partial charge in [-0.2, -0.15) is 0 Å². The minimum Gasteiger partial charge on any atom is -0.466 e. The molecular formula is C26H22BrCl2N3O4. The Kier molecular flexibility index (Phi) is 5.78. The van der Waals surface area contributed by atoms with Gasteiger partial charge in [0, 0.05) is 39.1 Å². The van der Waals surface area contributed by atoms with Gasteiger partial charge in [0.2, 0.25) is 5.91 Å². The molecule has 2 heterocycles. The summed E-state index contributed by atoms with van der Waals surface area (Å²) in [5.41, 5.74) is 6.63. The molecule has 0 aromatic heterocycles. The van der Waals surface area contributed by atoms with Crippen molar-refractivity contribution >= 4 is 68.2 Å². The first-order chi connectivity index (χ1) is 16.9. The van der Waals surface area contributed by atoms with E-state index < -0.39 is 22.7 Å². The van der Waals surface area contributed by atoms with Crippen LogP contribution in [0.5, 0.6) is 0 Å². The van der Waals surface area contributed by atoms with Gasteiger partial charge >= 0.3 is 5.97 Å². The lowest BCUT2D eigenvalue weighted by Gasteiger charge is -2.47. The first-order valence-corrected chi connectivity index (χ1v) is 12.7. The van der Waals surface area contributed by atoms with Crippen LogP contribution < -0.4 is 16.0 Å². The Labute approximate surface area is 226 Å². The molecule has 1 unspecified atom stereocenters. The number of benzene rings is 2. The maximum absolute atomic E-state index is 14.0. The number of halogens is 3. The molecule has 0 saturated heterocycles. The van der Waals surface area contributed by atoms with Gasteiger partial charge in [-0.15, -0.1) is 0 Å². The molecule has 2 aromatic carbocycles. The van der Waals surface area contributed by atoms with Crippen LogP contribution in [-0.4, -0.2) is 24.8 Å². The van der Waals surface area contributed by atoms with Crippen LogP contribution >= 0.6 is 39.1 Å². The van der Waals surface area contributed by atoms with Gasteiger partial charge < -0.3 is 15.8 Å². The van der Waals surface area contributed by atoms with Crippen LogP contribution in [0, 0.1) is 5.41 Å². The standard InChI is InChI=1S/C26H22BrCl2N3O4/c1-25(2)10-18-20(19(33)11-25)26(14-8-12(27)4-7-17(14)31-24(26)35)21(23(34)36-3)22(30)32(18)13-5-6-15(28)16(29)9-13/h4-9H,10-11,30H2,1-3H3,(H,31,35). The molecule has 3 aliphatic rings. The molecule has 0 bridgehead atoms. The zero-order chi connectivity index (χ0) is 26.2. The van der Waals surface area contributed by atoms with Crippen LogP contribution in [0.25, 0.3) is 0 Å². The van der Waals surface area contributed by atoms with E-state index >= 15 is 0 Å². The number of ether oxygens (including phenoxy) is 1. The zero-order valence-corrected chi connectivity index (χ0v) is 22.8. The highest BCUT2D eigenvalue weighted by molar-refractivity contribution is 9.10. The molecule has 2 aliphatic heterocycles. The third-order valence-corrected chi connectivity index (χ3v) is 8.13. The van der Waals surface area contributed by atoms with Crippen LogP contribution in [0.3, 0.4) is 0 Å². The predicted octanol–water partition coefficient (Wildman–Crippen LogP) is 5.45. The SMILES string of the molecule is COC(=O)C1=C(N)N(c2ccc(Cl)c(Cl)c2)C2=C(C(=O)CC(C)(C)C2)C12C(=O)Nc1ccc(Br)cc12. The summed E-state index contributed by atoms with van der Waals surface area (Å²) in [6.07, 6.45) is 0.607. The fourth-order valence-corrected chi connectivity index (χ4v) is 6.18. The van der Waals surface area contributed by atoms with Gasteiger partial charge in [-0.1, -0.05) is 53.0 Å². The number of allylic oxidation sites excluding steroid dienone is 1. The number of carbonyl (C=O) groups excluding carboxylic acids is 3. The maximum atomic E-state index is 14.0. The smallest absolute Gasteiger partial charge is 0.339 e. The Bertz CT molecular complexity index is 1450. The summed E-state index contributed by atoms with van der Waals surface area (Å²) < 4.78 is 5.83. The van der Waals surface area contributed by atoms with Crippen molar-refractivity contribution in [3.8, 4) is 0 Å². The summed E-state index contributed by atoms with van der Waals surface area (Å²) in [6.45, 7) is 3.95. The number of amides is 1. The number of hydrogen-bond acceptors (Lipinski definition) is 6. The van der Waals surface area contributed by atoms with Crippen molar-refractivity contribution in [1.29, 1.82) is 0 Å². The molecule has 10 heteroatoms. The lowest BCUT2D eigenvalue weighted by atomic mass is 9.60. The van der Waals surface area contributed by atoms with Crippen molar-refractivity contribution in [3.63, 3.8) is 0 Å². The van der Waals surface area contributed by atoms with E-state index in [-0.39, 0.29) is 34.2 Å². The Hall–Kier alpha value is -2.81. The molecule has 0 radical (unpaired) electrons. The summed E-state index contributed by atoms with van der Waals surface area (Å²) in [6, 6.07) is 10.1. The average molecular weight is 591 g/mol. The monoisotopic (exact) mass is 589 g/mol. The predicted molar refractivity (Wildman–Crippen MR) is 142 cm³/mol. The zero-order valence-electron chi connectivity index (χ0n) is 19.7. The van der Waals surface area contributed by atoms with E-state index in [1.165, 1.54) is 7.11 Å². The molecule has 3 N–H and O–H groups in total. The molecule has 1 aliphatic carbocycles. The second-order valence-corrected chi connectivity index (χ2v) is 11.6. The van der Waals surface area contributed by atoms with Crippen LogP contribution in [-0.2, 0) is 24.5 Å². The topological polar surface area (TPSA) is 102 Å². The number of hydrogen-bond donors (Lipinski definition) is 2. The number of nitrogens with one attached hydrogen (secondary N) is 1. The van der Waals surface area contributed by atoms with Gasteiger partial charge in [0.05, 0.1) is 17.2 Å². The molecular weight excluding hydrogens is 569 g/mol. The van der Waals surface area contributed by atoms with E-state index in [4.69, 9.17) is 33.7 Å². The molecule has 1 amide bonds. The van der Waals surface area contributed by atoms with Crippen molar-refractivity contribution < 1.29 is 19.1 Å². The highest BCUT2D eigenvalue weighted by atomic mass is 79.9. The van der Waals surface area contributed by atoms with Gasteiger partial charge in [0.1, 0.15) is 16.8 Å². The van der Waals surface area contributed by atoms with E-state index in [1.54, 1.807) is 41.3 Å². The minimum atomic E-state index is -1.77. The Balaban J connectivity index is 1.94. The molecule has 0 saturated carbocycles. The summed E-state index contributed by atoms with van der Waals surface area (Å²) in [4.78, 5) is 42.9. The number of carbonyl (C=O) groups is 3. The first kappa shape index (κ1) is 24.9. The Morgan fingerprint density at radius 2 is 1.83 bits per heavy atom. The van der Waals surface area contributed by atoms with Crippen LogP contribution in [0.4, 0.5) is 11.4 Å². The van der Waals surface area contributed by atoms with Gasteiger partial charge in [-0.05, 0) is 48.2 Å². The Morgan fingerprint density at radius 3 is 2.50 bits per heavy atom. The summed E-state index contributed by atoms with van der Waals surface area (Å²) >= 11 is 16.0. The van der Waals surface area contributed by atoms with Crippen molar-refractivity contribution in [2.45, 2.75) is 32.1 Å². The summed E-state index contributed by atoms with van der Waals surface area (Å²) in [5.74, 6) is -1.62. The minimum absolute atomic E-state index is 0.0209. The highest BCUT2D eigenvalue weighted by Gasteiger charge is 2.63. The number of nitrogens with two attached hydrogens (primary N) is 1. The second-order valence-electron chi connectivity index (χ2n) is 9.84. The number of nitrogens with zero attached hydrogens (tertiary/aromatic N) is 1. The van der Waals surface area contributed by atoms with Gasteiger partial charge in [0.15, 0.2) is 5.78 Å². The number of Topliss-reactive ketones (excluding diaryl/α,β-unsaturated/α-hetero) is 1. The quantitative estimate of drug-likeness (QED) is 0.451. The average Bonchev–Trinajstić information content (AvgIpc) is 3.06. The lowest BCUT2D eigenvalue weighted by Crippen LogP contribution is -2.54. The molecule has 2 aromatic rings. The van der Waals surface area contributed by atoms with Crippen LogP contribution in [0.2, 0.25) is 10.0 Å². The van der Waals surface area contributed by atoms with Crippen LogP contribution in [0.15, 0.2) is 63.5 Å². The normalized spacial score (nSPS) is 22.6. The lowest BCUT2D eigenvalue weighted by molar-refractivity contribution is -0.138. The second kappa shape index (κ2) is 8.36. The van der Waals surface area contributed by atoms with Crippen LogP contribution in [0.1, 0.15) is 32.3 Å². The fourth-order valence-electron chi connectivity index (χ4n) is 5.53. The highest BCUT2D eigenvalue weighted by Crippen LogP contribution is 2.57. The number of ketones is 1. The van der Waals surface area contributed by atoms with Gasteiger partial charge in [-0.3, -0.25) is 14.5 Å². The van der Waals surface area contributed by atoms with Crippen molar-refractivity contribution in [2.24, 2.45) is 11.1 Å². The summed E-state index contributed by atoms with van der Waals surface area (Å²) in [7, 11) is 1.21. The number of rotatable bonds is 2. The number of methoxy groups -OCH3 is 1. The van der Waals surface area contributed by atoms with E-state index in [0.29, 0.717) is 38.6 Å². The fraction of sp³-hybridized carbons (Fsp3) is 0.269. The van der Waals surface area contributed by atoms with Gasteiger partial charge in [0.25, 0.3) is 0 Å². The molecule has 36 heavy (non-hydrogen) atoms. The third-order valence-electron chi connectivity index (χ3n) is 6.89. The van der Waals surface area contributed by atoms with Gasteiger partial charge in [-0.25, -0.2) is 4.79 Å². The molecule has 1 atom stereocenters. The largest absolute Gasteiger partial charge is 0.466 e. The summed E-state index contributed by atoms with van der Waals surface area (Å²) in [5, 5.41) is 3.48. The van der Waals surface area contributed by atoms with E-state index in [1.807, 2.05) is 13.8 Å². The molecule has 7 nitrogen and oxygen atoms in total. The first-order valence-electron chi connectivity index (χ1n) is 11.1. The molecule has 1 spiro atoms. The van der Waals surface area contributed by atoms with Crippen molar-refractivity contribution in [2.75, 3.05) is 17.3 Å². The van der Waals surface area contributed by atoms with Crippen molar-refractivity contribution in [1.82, 2.24) is 0 Å². The Morgan fingerprint density at radius 1 is 1.11 bits per heavy atom. The number of esters is 1. The van der Waals surface area contributed by atoms with Crippen molar-refractivity contribution in [3.05, 3.63) is 79.1 Å². The van der Waals surface area contributed by atoms with E-state index in [9.17, 15) is 14.4 Å². The molecule has 186 valence electrons. The molecule has 0 fully saturated rings.